The third kappa shape index (κ3) is 3.04. The number of rotatable bonds is 1. The van der Waals surface area contributed by atoms with Crippen LogP contribution in [0.3, 0.4) is 0 Å². The molecular formula is C17H22O. The number of aryl methyl sites for hydroxylation is 1. The van der Waals surface area contributed by atoms with Crippen molar-refractivity contribution < 1.29 is 4.74 Å². The van der Waals surface area contributed by atoms with Crippen molar-refractivity contribution in [1.29, 1.82) is 0 Å². The lowest BCUT2D eigenvalue weighted by Crippen LogP contribution is -2.11. The fraction of sp³-hybridized carbons (Fsp3) is 0.412. The minimum absolute atomic E-state index is 0.0636. The van der Waals surface area contributed by atoms with E-state index in [1.165, 1.54) is 5.56 Å². The lowest BCUT2D eigenvalue weighted by Gasteiger charge is -2.23. The third-order valence-corrected chi connectivity index (χ3v) is 3.12. The maximum absolute atomic E-state index is 6.12. The minimum Gasteiger partial charge on any atom is -0.461 e. The smallest absolute Gasteiger partial charge is 0.130 e. The molecule has 1 aromatic rings. The summed E-state index contributed by atoms with van der Waals surface area (Å²) in [6.45, 7) is 8.68. The molecule has 1 heteroatoms. The topological polar surface area (TPSA) is 9.23 Å². The average Bonchev–Trinajstić information content (AvgIpc) is 2.55. The van der Waals surface area contributed by atoms with Gasteiger partial charge in [-0.25, -0.2) is 0 Å². The van der Waals surface area contributed by atoms with Gasteiger partial charge in [0.2, 0.25) is 0 Å². The summed E-state index contributed by atoms with van der Waals surface area (Å²) >= 11 is 0. The summed E-state index contributed by atoms with van der Waals surface area (Å²) in [6, 6.07) is 8.52. The average molecular weight is 242 g/mol. The van der Waals surface area contributed by atoms with Crippen LogP contribution in [0.4, 0.5) is 0 Å². The second-order valence-electron chi connectivity index (χ2n) is 5.93. The molecule has 0 saturated heterocycles. The van der Waals surface area contributed by atoms with Gasteiger partial charge in [-0.3, -0.25) is 0 Å². The van der Waals surface area contributed by atoms with Crippen LogP contribution >= 0.6 is 0 Å². The molecule has 1 nitrogen and oxygen atoms in total. The summed E-state index contributed by atoms with van der Waals surface area (Å²) < 4.78 is 6.12. The number of hydrogen-bond acceptors (Lipinski definition) is 1. The van der Waals surface area contributed by atoms with Crippen LogP contribution in [0.1, 0.15) is 44.7 Å². The van der Waals surface area contributed by atoms with E-state index in [-0.39, 0.29) is 5.41 Å². The molecule has 96 valence electrons. The lowest BCUT2D eigenvalue weighted by atomic mass is 9.93. The Morgan fingerprint density at radius 1 is 0.944 bits per heavy atom. The Bertz CT molecular complexity index is 469. The van der Waals surface area contributed by atoms with E-state index >= 15 is 0 Å². The molecule has 18 heavy (non-hydrogen) atoms. The van der Waals surface area contributed by atoms with E-state index < -0.39 is 0 Å². The minimum atomic E-state index is 0.0636. The zero-order valence-electron chi connectivity index (χ0n) is 11.8. The molecule has 0 atom stereocenters. The standard InChI is InChI=1S/C17H22O/c1-13-9-11-14(12-10-13)15-7-5-6-8-16(18-15)17(2,3)4/h7-12H,5-6H2,1-4H3. The number of hydrogen-bond donors (Lipinski definition) is 0. The maximum Gasteiger partial charge on any atom is 0.130 e. The Morgan fingerprint density at radius 2 is 1.56 bits per heavy atom. The van der Waals surface area contributed by atoms with Crippen LogP contribution in [-0.2, 0) is 4.74 Å². The van der Waals surface area contributed by atoms with Crippen LogP contribution in [-0.4, -0.2) is 0 Å². The van der Waals surface area contributed by atoms with Crippen LogP contribution < -0.4 is 0 Å². The predicted molar refractivity (Wildman–Crippen MR) is 77.0 cm³/mol. The Hall–Kier alpha value is -1.50. The van der Waals surface area contributed by atoms with E-state index in [0.29, 0.717) is 0 Å². The van der Waals surface area contributed by atoms with Crippen LogP contribution in [0.5, 0.6) is 0 Å². The molecule has 0 saturated carbocycles. The van der Waals surface area contributed by atoms with Gasteiger partial charge in [0.1, 0.15) is 11.5 Å². The summed E-state index contributed by atoms with van der Waals surface area (Å²) in [4.78, 5) is 0. The zero-order chi connectivity index (χ0) is 13.2. The first-order chi connectivity index (χ1) is 8.47. The second kappa shape index (κ2) is 5.01. The van der Waals surface area contributed by atoms with E-state index in [9.17, 15) is 0 Å². The van der Waals surface area contributed by atoms with Gasteiger partial charge in [-0.15, -0.1) is 0 Å². The highest BCUT2D eigenvalue weighted by atomic mass is 16.5. The molecule has 0 aliphatic carbocycles. The molecule has 1 aromatic carbocycles. The highest BCUT2D eigenvalue weighted by Crippen LogP contribution is 2.33. The van der Waals surface area contributed by atoms with Gasteiger partial charge >= 0.3 is 0 Å². The third-order valence-electron chi connectivity index (χ3n) is 3.12. The molecule has 1 heterocycles. The predicted octanol–water partition coefficient (Wildman–Crippen LogP) is 5.08. The molecule has 0 N–H and O–H groups in total. The van der Waals surface area contributed by atoms with Crippen molar-refractivity contribution in [3.05, 3.63) is 53.3 Å². The van der Waals surface area contributed by atoms with Crippen LogP contribution in [0.25, 0.3) is 5.76 Å². The number of allylic oxidation sites excluding steroid dienone is 3. The van der Waals surface area contributed by atoms with E-state index in [2.05, 4.69) is 64.1 Å². The summed E-state index contributed by atoms with van der Waals surface area (Å²) in [5.74, 6) is 2.07. The summed E-state index contributed by atoms with van der Waals surface area (Å²) in [7, 11) is 0. The van der Waals surface area contributed by atoms with Crippen molar-refractivity contribution >= 4 is 5.76 Å². The first-order valence-electron chi connectivity index (χ1n) is 6.62. The van der Waals surface area contributed by atoms with Crippen molar-refractivity contribution in [2.45, 2.75) is 40.5 Å². The first kappa shape index (κ1) is 12.9. The van der Waals surface area contributed by atoms with E-state index in [4.69, 9.17) is 4.74 Å². The quantitative estimate of drug-likeness (QED) is 0.667. The zero-order valence-corrected chi connectivity index (χ0v) is 11.8. The molecule has 0 aromatic heterocycles. The number of ether oxygens (including phenoxy) is 1. The van der Waals surface area contributed by atoms with E-state index in [0.717, 1.165) is 29.9 Å². The lowest BCUT2D eigenvalue weighted by molar-refractivity contribution is 0.265. The summed E-state index contributed by atoms with van der Waals surface area (Å²) in [5, 5.41) is 0. The Labute approximate surface area is 110 Å². The molecule has 0 amide bonds. The van der Waals surface area contributed by atoms with Gasteiger partial charge in [-0.2, -0.15) is 0 Å². The highest BCUT2D eigenvalue weighted by Gasteiger charge is 2.21. The maximum atomic E-state index is 6.12. The van der Waals surface area contributed by atoms with Crippen molar-refractivity contribution in [1.82, 2.24) is 0 Å². The van der Waals surface area contributed by atoms with Crippen molar-refractivity contribution in [3.8, 4) is 0 Å². The first-order valence-corrected chi connectivity index (χ1v) is 6.62. The molecule has 0 radical (unpaired) electrons. The summed E-state index contributed by atoms with van der Waals surface area (Å²) in [6.07, 6.45) is 6.52. The monoisotopic (exact) mass is 242 g/mol. The fourth-order valence-electron chi connectivity index (χ4n) is 1.98. The number of benzene rings is 1. The van der Waals surface area contributed by atoms with Gasteiger partial charge in [-0.1, -0.05) is 50.6 Å². The molecule has 0 spiro atoms. The summed E-state index contributed by atoms with van der Waals surface area (Å²) in [5.41, 5.74) is 2.51. The molecule has 0 unspecified atom stereocenters. The molecule has 1 aliphatic rings. The Morgan fingerprint density at radius 3 is 2.17 bits per heavy atom. The van der Waals surface area contributed by atoms with E-state index in [1.807, 2.05) is 0 Å². The molecule has 0 fully saturated rings. The van der Waals surface area contributed by atoms with Gasteiger partial charge in [0.15, 0.2) is 0 Å². The Kier molecular flexibility index (Phi) is 3.60. The highest BCUT2D eigenvalue weighted by molar-refractivity contribution is 5.61. The molecule has 2 rings (SSSR count). The van der Waals surface area contributed by atoms with E-state index in [1.54, 1.807) is 0 Å². The van der Waals surface area contributed by atoms with Gasteiger partial charge < -0.3 is 4.74 Å². The van der Waals surface area contributed by atoms with Gasteiger partial charge in [0, 0.05) is 11.0 Å². The largest absolute Gasteiger partial charge is 0.461 e. The van der Waals surface area contributed by atoms with Crippen molar-refractivity contribution in [2.75, 3.05) is 0 Å². The van der Waals surface area contributed by atoms with Gasteiger partial charge in [-0.05, 0) is 31.9 Å². The van der Waals surface area contributed by atoms with Crippen LogP contribution in [0.2, 0.25) is 0 Å². The Balaban J connectivity index is 2.27. The van der Waals surface area contributed by atoms with Crippen molar-refractivity contribution in [2.24, 2.45) is 5.41 Å². The molecule has 0 bridgehead atoms. The van der Waals surface area contributed by atoms with Gasteiger partial charge in [0.25, 0.3) is 0 Å². The fourth-order valence-corrected chi connectivity index (χ4v) is 1.98. The molecule has 1 aliphatic heterocycles. The molecular weight excluding hydrogens is 220 g/mol. The second-order valence-corrected chi connectivity index (χ2v) is 5.93. The van der Waals surface area contributed by atoms with Gasteiger partial charge in [0.05, 0.1) is 0 Å². The van der Waals surface area contributed by atoms with Crippen molar-refractivity contribution in [3.63, 3.8) is 0 Å². The normalized spacial score (nSPS) is 16.4. The van der Waals surface area contributed by atoms with Crippen LogP contribution in [0.15, 0.2) is 42.2 Å². The van der Waals surface area contributed by atoms with Crippen LogP contribution in [0, 0.1) is 12.3 Å². The SMILES string of the molecule is Cc1ccc(C2=CCCC=C(C(C)(C)C)O2)cc1.